The Morgan fingerprint density at radius 3 is 2.36 bits per heavy atom. The minimum Gasteiger partial charge on any atom is -0.456 e. The molecule has 0 radical (unpaired) electrons. The van der Waals surface area contributed by atoms with Crippen LogP contribution in [-0.4, -0.2) is 28.4 Å². The fraction of sp³-hybridized carbons (Fsp3) is 0.107. The molecule has 1 N–H and O–H groups in total. The largest absolute Gasteiger partial charge is 0.456 e. The van der Waals surface area contributed by atoms with Crippen LogP contribution in [0.25, 0.3) is 0 Å². The normalized spacial score (nSPS) is 12.0. The second kappa shape index (κ2) is 9.67. The average molecular weight is 497 g/mol. The van der Waals surface area contributed by atoms with Crippen molar-refractivity contribution >= 4 is 40.5 Å². The molecular weight excluding hydrogens is 476 g/mol. The van der Waals surface area contributed by atoms with Crippen molar-refractivity contribution < 1.29 is 23.9 Å². The van der Waals surface area contributed by atoms with Crippen molar-refractivity contribution in [3.05, 3.63) is 116 Å². The molecule has 4 aromatic rings. The summed E-state index contributed by atoms with van der Waals surface area (Å²) in [4.78, 5) is 55.7. The Bertz CT molecular complexity index is 1540. The molecule has 0 spiro atoms. The van der Waals surface area contributed by atoms with Gasteiger partial charge in [-0.25, -0.2) is 9.78 Å². The van der Waals surface area contributed by atoms with Crippen molar-refractivity contribution in [3.8, 4) is 0 Å². The van der Waals surface area contributed by atoms with E-state index in [0.717, 1.165) is 11.3 Å². The number of carbonyl (C=O) groups is 4. The monoisotopic (exact) mass is 496 g/mol. The lowest BCUT2D eigenvalue weighted by Gasteiger charge is -2.19. The number of esters is 1. The van der Waals surface area contributed by atoms with E-state index < -0.39 is 5.97 Å². The molecule has 0 saturated heterocycles. The number of ketones is 2. The van der Waals surface area contributed by atoms with Gasteiger partial charge >= 0.3 is 5.97 Å². The third kappa shape index (κ3) is 4.46. The standard InChI is InChI=1S/C28H20N2O5S/c1-16-7-2-5-12-22(16)30-23(31)13-24-29-17(15-36-24)14-35-28(34)21-11-6-10-20-25(21)27(33)19-9-4-3-8-18(19)26(20)32/h2-12,15H,13-14H2,1H3,(H,30,31). The lowest BCUT2D eigenvalue weighted by molar-refractivity contribution is -0.115. The second-order valence-corrected chi connectivity index (χ2v) is 9.22. The quantitative estimate of drug-likeness (QED) is 0.340. The summed E-state index contributed by atoms with van der Waals surface area (Å²) in [5.74, 6) is -1.60. The lowest BCUT2D eigenvalue weighted by atomic mass is 9.82. The van der Waals surface area contributed by atoms with Gasteiger partial charge in [-0.1, -0.05) is 54.6 Å². The molecule has 1 heterocycles. The molecule has 178 valence electrons. The molecule has 0 saturated carbocycles. The Morgan fingerprint density at radius 2 is 1.58 bits per heavy atom. The summed E-state index contributed by atoms with van der Waals surface area (Å²) in [6.07, 6.45) is 0.0924. The number of carbonyl (C=O) groups excluding carboxylic acids is 4. The molecule has 1 amide bonds. The van der Waals surface area contributed by atoms with Crippen LogP contribution in [0.2, 0.25) is 0 Å². The highest BCUT2D eigenvalue weighted by Gasteiger charge is 2.33. The third-order valence-electron chi connectivity index (χ3n) is 5.85. The predicted octanol–water partition coefficient (Wildman–Crippen LogP) is 4.77. The van der Waals surface area contributed by atoms with Crippen LogP contribution in [0.15, 0.2) is 72.1 Å². The number of aromatic nitrogens is 1. The number of fused-ring (bicyclic) bond motifs is 2. The number of aryl methyl sites for hydroxylation is 1. The van der Waals surface area contributed by atoms with Crippen LogP contribution in [0.1, 0.15) is 58.5 Å². The van der Waals surface area contributed by atoms with Crippen molar-refractivity contribution in [1.82, 2.24) is 4.98 Å². The van der Waals surface area contributed by atoms with Crippen molar-refractivity contribution in [3.63, 3.8) is 0 Å². The van der Waals surface area contributed by atoms with Gasteiger partial charge < -0.3 is 10.1 Å². The number of hydrogen-bond donors (Lipinski definition) is 1. The highest BCUT2D eigenvalue weighted by molar-refractivity contribution is 7.09. The number of benzene rings is 3. The number of para-hydroxylation sites is 1. The van der Waals surface area contributed by atoms with Gasteiger partial charge in [0.05, 0.1) is 17.7 Å². The SMILES string of the molecule is Cc1ccccc1NC(=O)Cc1nc(COC(=O)c2cccc3c2C(=O)c2ccccc2C3=O)cs1. The van der Waals surface area contributed by atoms with Crippen LogP contribution < -0.4 is 5.32 Å². The maximum Gasteiger partial charge on any atom is 0.339 e. The molecule has 0 atom stereocenters. The summed E-state index contributed by atoms with van der Waals surface area (Å²) in [6, 6.07) is 18.6. The number of nitrogens with zero attached hydrogens (tertiary/aromatic N) is 1. The Morgan fingerprint density at radius 1 is 0.889 bits per heavy atom. The Hall–Kier alpha value is -4.43. The van der Waals surface area contributed by atoms with Gasteiger partial charge in [0.25, 0.3) is 0 Å². The van der Waals surface area contributed by atoms with Crippen LogP contribution in [0.3, 0.4) is 0 Å². The van der Waals surface area contributed by atoms with Crippen molar-refractivity contribution in [2.24, 2.45) is 0 Å². The predicted molar refractivity (Wildman–Crippen MR) is 134 cm³/mol. The number of amides is 1. The zero-order valence-electron chi connectivity index (χ0n) is 19.2. The first kappa shape index (κ1) is 23.3. The summed E-state index contributed by atoms with van der Waals surface area (Å²) in [6.45, 7) is 1.79. The van der Waals surface area contributed by atoms with E-state index in [4.69, 9.17) is 4.74 Å². The summed E-state index contributed by atoms with van der Waals surface area (Å²) in [7, 11) is 0. The van der Waals surface area contributed by atoms with Gasteiger partial charge in [-0.2, -0.15) is 0 Å². The minimum absolute atomic E-state index is 0.0356. The fourth-order valence-electron chi connectivity index (χ4n) is 4.07. The van der Waals surface area contributed by atoms with E-state index >= 15 is 0 Å². The first-order valence-electron chi connectivity index (χ1n) is 11.2. The first-order chi connectivity index (χ1) is 17.4. The molecule has 5 rings (SSSR count). The highest BCUT2D eigenvalue weighted by atomic mass is 32.1. The van der Waals surface area contributed by atoms with Gasteiger partial charge in [-0.15, -0.1) is 11.3 Å². The Balaban J connectivity index is 1.26. The van der Waals surface area contributed by atoms with E-state index in [1.807, 2.05) is 31.2 Å². The molecule has 8 heteroatoms. The number of rotatable bonds is 6. The number of nitrogens with one attached hydrogen (secondary N) is 1. The molecular formula is C28H20N2O5S. The maximum atomic E-state index is 13.1. The van der Waals surface area contributed by atoms with Crippen LogP contribution in [0.4, 0.5) is 5.69 Å². The number of anilines is 1. The molecule has 7 nitrogen and oxygen atoms in total. The molecule has 0 aliphatic heterocycles. The molecule has 36 heavy (non-hydrogen) atoms. The first-order valence-corrected chi connectivity index (χ1v) is 12.1. The molecule has 1 aliphatic carbocycles. The molecule has 0 unspecified atom stereocenters. The lowest BCUT2D eigenvalue weighted by Crippen LogP contribution is -2.24. The van der Waals surface area contributed by atoms with Crippen molar-refractivity contribution in [1.29, 1.82) is 0 Å². The Labute approximate surface area is 210 Å². The van der Waals surface area contributed by atoms with Crippen LogP contribution in [0, 0.1) is 6.92 Å². The van der Waals surface area contributed by atoms with Crippen LogP contribution >= 0.6 is 11.3 Å². The van der Waals surface area contributed by atoms with Gasteiger partial charge in [-0.3, -0.25) is 14.4 Å². The fourth-order valence-corrected chi connectivity index (χ4v) is 4.85. The summed E-state index contributed by atoms with van der Waals surface area (Å²) < 4.78 is 5.42. The average Bonchev–Trinajstić information content (AvgIpc) is 3.33. The number of thiazole rings is 1. The zero-order chi connectivity index (χ0) is 25.2. The van der Waals surface area contributed by atoms with Gasteiger partial charge in [0.15, 0.2) is 11.6 Å². The van der Waals surface area contributed by atoms with Gasteiger partial charge in [0, 0.05) is 33.3 Å². The third-order valence-corrected chi connectivity index (χ3v) is 6.75. The van der Waals surface area contributed by atoms with Crippen molar-refractivity contribution in [2.75, 3.05) is 5.32 Å². The summed E-state index contributed by atoms with van der Waals surface area (Å²) >= 11 is 1.29. The topological polar surface area (TPSA) is 102 Å². The second-order valence-electron chi connectivity index (χ2n) is 8.28. The van der Waals surface area contributed by atoms with E-state index in [-0.39, 0.29) is 52.8 Å². The number of hydrogen-bond acceptors (Lipinski definition) is 7. The highest BCUT2D eigenvalue weighted by Crippen LogP contribution is 2.30. The van der Waals surface area contributed by atoms with Gasteiger partial charge in [-0.05, 0) is 24.6 Å². The van der Waals surface area contributed by atoms with E-state index in [1.54, 1.807) is 35.7 Å². The van der Waals surface area contributed by atoms with E-state index in [1.165, 1.54) is 23.5 Å². The van der Waals surface area contributed by atoms with Crippen LogP contribution in [0.5, 0.6) is 0 Å². The molecule has 0 fully saturated rings. The molecule has 1 aromatic heterocycles. The minimum atomic E-state index is -0.723. The summed E-state index contributed by atoms with van der Waals surface area (Å²) in [5.41, 5.74) is 3.06. The van der Waals surface area contributed by atoms with E-state index in [2.05, 4.69) is 10.3 Å². The maximum absolute atomic E-state index is 13.1. The smallest absolute Gasteiger partial charge is 0.339 e. The molecule has 0 bridgehead atoms. The van der Waals surface area contributed by atoms with Gasteiger partial charge in [0.2, 0.25) is 5.91 Å². The van der Waals surface area contributed by atoms with Gasteiger partial charge in [0.1, 0.15) is 11.6 Å². The van der Waals surface area contributed by atoms with Crippen LogP contribution in [-0.2, 0) is 22.6 Å². The van der Waals surface area contributed by atoms with E-state index in [9.17, 15) is 19.2 Å². The Kier molecular flexibility index (Phi) is 6.26. The van der Waals surface area contributed by atoms with E-state index in [0.29, 0.717) is 16.3 Å². The number of ether oxygens (including phenoxy) is 1. The molecule has 1 aliphatic rings. The molecule has 3 aromatic carbocycles. The van der Waals surface area contributed by atoms with Crippen molar-refractivity contribution in [2.45, 2.75) is 20.0 Å². The zero-order valence-corrected chi connectivity index (χ0v) is 20.1. The summed E-state index contributed by atoms with van der Waals surface area (Å²) in [5, 5.41) is 5.17.